The van der Waals surface area contributed by atoms with Crippen LogP contribution in [0.15, 0.2) is 77.2 Å². The molecule has 3 aromatic rings. The van der Waals surface area contributed by atoms with Gasteiger partial charge in [0, 0.05) is 16.1 Å². The lowest BCUT2D eigenvalue weighted by Crippen LogP contribution is -2.27. The zero-order chi connectivity index (χ0) is 18.4. The zero-order valence-corrected chi connectivity index (χ0v) is 15.4. The largest absolute Gasteiger partial charge is 0.399 e. The van der Waals surface area contributed by atoms with Crippen LogP contribution in [0.1, 0.15) is 34.1 Å². The van der Waals surface area contributed by atoms with E-state index >= 15 is 0 Å². The Hall–Kier alpha value is -2.92. The van der Waals surface area contributed by atoms with Crippen LogP contribution < -0.4 is 5.73 Å². The van der Waals surface area contributed by atoms with Gasteiger partial charge in [-0.2, -0.15) is 5.10 Å². The zero-order valence-electron chi connectivity index (χ0n) is 14.6. The summed E-state index contributed by atoms with van der Waals surface area (Å²) in [7, 11) is 0. The van der Waals surface area contributed by atoms with Crippen LogP contribution in [0.5, 0.6) is 0 Å². The van der Waals surface area contributed by atoms with E-state index in [9.17, 15) is 4.79 Å². The Morgan fingerprint density at radius 2 is 1.73 bits per heavy atom. The summed E-state index contributed by atoms with van der Waals surface area (Å²) in [6.07, 6.45) is 0.715. The number of thiophene rings is 1. The molecule has 0 spiro atoms. The van der Waals surface area contributed by atoms with Gasteiger partial charge in [-0.25, -0.2) is 5.01 Å². The lowest BCUT2D eigenvalue weighted by molar-refractivity contribution is 0.0750. The molecule has 132 valence electrons. The second-order valence-electron chi connectivity index (χ2n) is 5.83. The highest BCUT2D eigenvalue weighted by molar-refractivity contribution is 7.09. The highest BCUT2D eigenvalue weighted by Gasteiger charge is 2.17. The molecule has 0 aliphatic carbocycles. The Kier molecular flexibility index (Phi) is 5.81. The predicted octanol–water partition coefficient (Wildman–Crippen LogP) is 4.79. The van der Waals surface area contributed by atoms with E-state index < -0.39 is 0 Å². The first-order chi connectivity index (χ1) is 12.7. The number of hydrogen-bond donors (Lipinski definition) is 1. The van der Waals surface area contributed by atoms with Crippen molar-refractivity contribution >= 4 is 28.6 Å². The topological polar surface area (TPSA) is 58.7 Å². The number of hydrogen-bond acceptors (Lipinski definition) is 4. The van der Waals surface area contributed by atoms with Gasteiger partial charge < -0.3 is 5.73 Å². The summed E-state index contributed by atoms with van der Waals surface area (Å²) in [6.45, 7) is 2.48. The normalized spacial score (nSPS) is 11.3. The number of nitrogens with zero attached hydrogens (tertiary/aromatic N) is 2. The number of carbonyl (C=O) groups excluding carboxylic acids is 1. The minimum Gasteiger partial charge on any atom is -0.399 e. The summed E-state index contributed by atoms with van der Waals surface area (Å²) < 4.78 is 0. The molecule has 1 heterocycles. The second-order valence-corrected chi connectivity index (χ2v) is 6.86. The molecule has 0 unspecified atom stereocenters. The van der Waals surface area contributed by atoms with Crippen molar-refractivity contribution in [2.24, 2.45) is 5.10 Å². The van der Waals surface area contributed by atoms with Crippen molar-refractivity contribution in [3.05, 3.63) is 88.1 Å². The van der Waals surface area contributed by atoms with Crippen molar-refractivity contribution in [3.8, 4) is 0 Å². The fraction of sp³-hybridized carbons (Fsp3) is 0.143. The predicted molar refractivity (Wildman–Crippen MR) is 108 cm³/mol. The average molecular weight is 363 g/mol. The van der Waals surface area contributed by atoms with Crippen LogP contribution in [0.25, 0.3) is 0 Å². The molecule has 0 atom stereocenters. The smallest absolute Gasteiger partial charge is 0.274 e. The molecule has 0 bridgehead atoms. The van der Waals surface area contributed by atoms with Gasteiger partial charge in [-0.15, -0.1) is 11.3 Å². The third kappa shape index (κ3) is 4.37. The standard InChI is InChI=1S/C21H21N3OS/c1-2-20(16-10-12-18(22)13-11-16)23-24(15-19-9-6-14-26-19)21(25)17-7-4-3-5-8-17/h3-14H,2,15,22H2,1H3/b23-20+. The first kappa shape index (κ1) is 17.9. The molecule has 1 amide bonds. The van der Waals surface area contributed by atoms with Crippen LogP contribution in [0, 0.1) is 0 Å². The molecule has 0 saturated carbocycles. The van der Waals surface area contributed by atoms with Crippen molar-refractivity contribution in [2.45, 2.75) is 19.9 Å². The Labute approximate surface area is 157 Å². The van der Waals surface area contributed by atoms with E-state index in [-0.39, 0.29) is 5.91 Å². The lowest BCUT2D eigenvalue weighted by atomic mass is 10.1. The quantitative estimate of drug-likeness (QED) is 0.389. The van der Waals surface area contributed by atoms with Gasteiger partial charge in [0.1, 0.15) is 0 Å². The van der Waals surface area contributed by atoms with Crippen LogP contribution in [0.2, 0.25) is 0 Å². The van der Waals surface area contributed by atoms with Crippen LogP contribution in [0.4, 0.5) is 5.69 Å². The SMILES string of the molecule is CC/C(=N\N(Cc1cccs1)C(=O)c1ccccc1)c1ccc(N)cc1. The molecule has 0 saturated heterocycles. The molecule has 1 aromatic heterocycles. The number of nitrogen functional groups attached to an aromatic ring is 1. The minimum absolute atomic E-state index is 0.111. The molecule has 0 aliphatic rings. The molecular weight excluding hydrogens is 342 g/mol. The van der Waals surface area contributed by atoms with Crippen LogP contribution >= 0.6 is 11.3 Å². The lowest BCUT2D eigenvalue weighted by Gasteiger charge is -2.19. The van der Waals surface area contributed by atoms with Gasteiger partial charge in [-0.3, -0.25) is 4.79 Å². The van der Waals surface area contributed by atoms with Gasteiger partial charge in [0.2, 0.25) is 0 Å². The Morgan fingerprint density at radius 1 is 1.00 bits per heavy atom. The summed E-state index contributed by atoms with van der Waals surface area (Å²) in [4.78, 5) is 14.1. The van der Waals surface area contributed by atoms with Crippen LogP contribution in [0.3, 0.4) is 0 Å². The third-order valence-electron chi connectivity index (χ3n) is 3.96. The average Bonchev–Trinajstić information content (AvgIpc) is 3.19. The van der Waals surface area contributed by atoms with Crippen molar-refractivity contribution in [1.82, 2.24) is 5.01 Å². The molecule has 4 nitrogen and oxygen atoms in total. The molecule has 5 heteroatoms. The number of amides is 1. The molecular formula is C21H21N3OS. The second kappa shape index (κ2) is 8.45. The molecule has 3 rings (SSSR count). The summed E-state index contributed by atoms with van der Waals surface area (Å²) in [5.74, 6) is -0.111. The summed E-state index contributed by atoms with van der Waals surface area (Å²) in [5.41, 5.74) is 8.94. The van der Waals surface area contributed by atoms with Crippen molar-refractivity contribution in [1.29, 1.82) is 0 Å². The fourth-order valence-corrected chi connectivity index (χ4v) is 3.27. The van der Waals surface area contributed by atoms with Crippen molar-refractivity contribution in [2.75, 3.05) is 5.73 Å². The van der Waals surface area contributed by atoms with Gasteiger partial charge in [0.15, 0.2) is 0 Å². The Balaban J connectivity index is 1.95. The van der Waals surface area contributed by atoms with Crippen LogP contribution in [-0.2, 0) is 6.54 Å². The number of hydrazone groups is 1. The number of benzene rings is 2. The first-order valence-electron chi connectivity index (χ1n) is 8.50. The molecule has 0 fully saturated rings. The van der Waals surface area contributed by atoms with E-state index in [1.807, 2.05) is 79.0 Å². The maximum atomic E-state index is 13.0. The minimum atomic E-state index is -0.111. The maximum Gasteiger partial charge on any atom is 0.274 e. The van der Waals surface area contributed by atoms with Gasteiger partial charge in [0.25, 0.3) is 5.91 Å². The number of nitrogens with two attached hydrogens (primary N) is 1. The van der Waals surface area contributed by atoms with Gasteiger partial charge in [-0.1, -0.05) is 43.3 Å². The molecule has 26 heavy (non-hydrogen) atoms. The van der Waals surface area contributed by atoms with Gasteiger partial charge in [0.05, 0.1) is 12.3 Å². The van der Waals surface area contributed by atoms with Gasteiger partial charge >= 0.3 is 0 Å². The van der Waals surface area contributed by atoms with E-state index in [1.165, 1.54) is 0 Å². The summed E-state index contributed by atoms with van der Waals surface area (Å²) in [5, 5.41) is 8.27. The highest BCUT2D eigenvalue weighted by atomic mass is 32.1. The fourth-order valence-electron chi connectivity index (χ4n) is 2.59. The van der Waals surface area contributed by atoms with Gasteiger partial charge in [-0.05, 0) is 47.7 Å². The van der Waals surface area contributed by atoms with E-state index in [2.05, 4.69) is 0 Å². The summed E-state index contributed by atoms with van der Waals surface area (Å²) >= 11 is 1.62. The molecule has 0 aliphatic heterocycles. The van der Waals surface area contributed by atoms with E-state index in [1.54, 1.807) is 16.3 Å². The maximum absolute atomic E-state index is 13.0. The number of carbonyl (C=O) groups is 1. The highest BCUT2D eigenvalue weighted by Crippen LogP contribution is 2.17. The first-order valence-corrected chi connectivity index (χ1v) is 9.38. The number of rotatable bonds is 6. The van der Waals surface area contributed by atoms with E-state index in [0.717, 1.165) is 16.2 Å². The molecule has 2 N–H and O–H groups in total. The summed E-state index contributed by atoms with van der Waals surface area (Å²) in [6, 6.07) is 20.8. The Bertz CT molecular complexity index is 871. The monoisotopic (exact) mass is 363 g/mol. The molecule has 2 aromatic carbocycles. The molecule has 0 radical (unpaired) electrons. The number of anilines is 1. The van der Waals surface area contributed by atoms with Crippen molar-refractivity contribution < 1.29 is 4.79 Å². The van der Waals surface area contributed by atoms with E-state index in [4.69, 9.17) is 10.8 Å². The van der Waals surface area contributed by atoms with Crippen molar-refractivity contribution in [3.63, 3.8) is 0 Å². The Morgan fingerprint density at radius 3 is 2.35 bits per heavy atom. The van der Waals surface area contributed by atoms with Crippen LogP contribution in [-0.4, -0.2) is 16.6 Å². The third-order valence-corrected chi connectivity index (χ3v) is 4.82. The van der Waals surface area contributed by atoms with E-state index in [0.29, 0.717) is 24.2 Å².